The molecule has 0 bridgehead atoms. The lowest BCUT2D eigenvalue weighted by Crippen LogP contribution is -2.52. The van der Waals surface area contributed by atoms with Crippen LogP contribution >= 0.6 is 0 Å². The van der Waals surface area contributed by atoms with Crippen molar-refractivity contribution < 1.29 is 9.53 Å². The van der Waals surface area contributed by atoms with Gasteiger partial charge in [0.1, 0.15) is 5.54 Å². The number of hydrogen-bond acceptors (Lipinski definition) is 4. The summed E-state index contributed by atoms with van der Waals surface area (Å²) in [5, 5.41) is 0. The molecule has 1 heterocycles. The second kappa shape index (κ2) is 6.02. The standard InChI is InChI=1S/C14H28N2O2/c1-6-12-8-7-10(2)16(12)11(3)9-14(4,15)13(17)18-5/h10-12H,6-9,15H2,1-5H3. The molecule has 0 aromatic carbocycles. The first-order chi connectivity index (χ1) is 8.33. The lowest BCUT2D eigenvalue weighted by molar-refractivity contribution is -0.147. The molecule has 2 N–H and O–H groups in total. The Hall–Kier alpha value is -0.610. The minimum absolute atomic E-state index is 0.307. The molecule has 18 heavy (non-hydrogen) atoms. The monoisotopic (exact) mass is 256 g/mol. The van der Waals surface area contributed by atoms with Crippen molar-refractivity contribution in [2.75, 3.05) is 7.11 Å². The van der Waals surface area contributed by atoms with Crippen LogP contribution in [0.1, 0.15) is 53.4 Å². The molecule has 106 valence electrons. The highest BCUT2D eigenvalue weighted by Gasteiger charge is 2.38. The number of nitrogens with zero attached hydrogens (tertiary/aromatic N) is 1. The summed E-state index contributed by atoms with van der Waals surface area (Å²) in [5.41, 5.74) is 5.18. The summed E-state index contributed by atoms with van der Waals surface area (Å²) in [4.78, 5) is 14.2. The first kappa shape index (κ1) is 15.4. The van der Waals surface area contributed by atoms with E-state index in [9.17, 15) is 4.79 Å². The minimum atomic E-state index is -0.894. The van der Waals surface area contributed by atoms with Gasteiger partial charge in [-0.15, -0.1) is 0 Å². The molecule has 4 nitrogen and oxygen atoms in total. The van der Waals surface area contributed by atoms with Gasteiger partial charge in [-0.25, -0.2) is 0 Å². The van der Waals surface area contributed by atoms with Crippen LogP contribution in [0.5, 0.6) is 0 Å². The maximum atomic E-state index is 11.7. The Balaban J connectivity index is 2.69. The van der Waals surface area contributed by atoms with Crippen LogP contribution in [0.25, 0.3) is 0 Å². The predicted octanol–water partition coefficient (Wildman–Crippen LogP) is 1.92. The first-order valence-corrected chi connectivity index (χ1v) is 6.98. The van der Waals surface area contributed by atoms with Crippen molar-refractivity contribution in [3.05, 3.63) is 0 Å². The third-order valence-electron chi connectivity index (χ3n) is 4.20. The lowest BCUT2D eigenvalue weighted by Gasteiger charge is -2.37. The van der Waals surface area contributed by atoms with E-state index in [0.29, 0.717) is 24.5 Å². The zero-order chi connectivity index (χ0) is 13.9. The molecule has 0 radical (unpaired) electrons. The Kier molecular flexibility index (Phi) is 5.17. The summed E-state index contributed by atoms with van der Waals surface area (Å²) >= 11 is 0. The molecular formula is C14H28N2O2. The third kappa shape index (κ3) is 3.23. The normalized spacial score (nSPS) is 29.9. The molecule has 0 spiro atoms. The van der Waals surface area contributed by atoms with E-state index in [1.807, 2.05) is 0 Å². The van der Waals surface area contributed by atoms with Crippen LogP contribution in [-0.4, -0.2) is 41.6 Å². The molecule has 4 atom stereocenters. The lowest BCUT2D eigenvalue weighted by atomic mass is 9.93. The summed E-state index contributed by atoms with van der Waals surface area (Å²) in [7, 11) is 1.39. The smallest absolute Gasteiger partial charge is 0.325 e. The molecule has 1 aliphatic heterocycles. The molecule has 4 heteroatoms. The average molecular weight is 256 g/mol. The van der Waals surface area contributed by atoms with Crippen molar-refractivity contribution in [3.63, 3.8) is 0 Å². The van der Waals surface area contributed by atoms with E-state index < -0.39 is 5.54 Å². The van der Waals surface area contributed by atoms with Crippen LogP contribution in [0, 0.1) is 0 Å². The highest BCUT2D eigenvalue weighted by molar-refractivity contribution is 5.79. The molecule has 1 saturated heterocycles. The van der Waals surface area contributed by atoms with Crippen molar-refractivity contribution in [1.29, 1.82) is 0 Å². The topological polar surface area (TPSA) is 55.6 Å². The SMILES string of the molecule is CCC1CCC(C)N1C(C)CC(C)(N)C(=O)OC. The van der Waals surface area contributed by atoms with Crippen molar-refractivity contribution in [1.82, 2.24) is 4.90 Å². The van der Waals surface area contributed by atoms with Crippen LogP contribution in [0.4, 0.5) is 0 Å². The van der Waals surface area contributed by atoms with Gasteiger partial charge in [-0.3, -0.25) is 9.69 Å². The van der Waals surface area contributed by atoms with Crippen molar-refractivity contribution in [2.24, 2.45) is 5.73 Å². The van der Waals surface area contributed by atoms with Gasteiger partial charge in [0.05, 0.1) is 7.11 Å². The minimum Gasteiger partial charge on any atom is -0.468 e. The molecule has 1 aliphatic rings. The second-order valence-electron chi connectivity index (χ2n) is 5.90. The summed E-state index contributed by atoms with van der Waals surface area (Å²) in [6.45, 7) is 8.41. The molecule has 0 saturated carbocycles. The highest BCUT2D eigenvalue weighted by atomic mass is 16.5. The average Bonchev–Trinajstić information content (AvgIpc) is 2.68. The summed E-state index contributed by atoms with van der Waals surface area (Å²) in [5.74, 6) is -0.325. The molecule has 1 fully saturated rings. The first-order valence-electron chi connectivity index (χ1n) is 6.98. The summed E-state index contributed by atoms with van der Waals surface area (Å²) in [6, 6.07) is 1.52. The van der Waals surface area contributed by atoms with E-state index in [0.717, 1.165) is 6.42 Å². The highest BCUT2D eigenvalue weighted by Crippen LogP contribution is 2.30. The molecule has 0 aliphatic carbocycles. The summed E-state index contributed by atoms with van der Waals surface area (Å²) in [6.07, 6.45) is 4.29. The van der Waals surface area contributed by atoms with E-state index in [1.165, 1.54) is 20.0 Å². The van der Waals surface area contributed by atoms with E-state index in [4.69, 9.17) is 10.5 Å². The third-order valence-corrected chi connectivity index (χ3v) is 4.20. The van der Waals surface area contributed by atoms with Crippen LogP contribution in [0.2, 0.25) is 0 Å². The molecular weight excluding hydrogens is 228 g/mol. The van der Waals surface area contributed by atoms with Crippen molar-refractivity contribution in [3.8, 4) is 0 Å². The Morgan fingerprint density at radius 1 is 1.56 bits per heavy atom. The largest absolute Gasteiger partial charge is 0.468 e. The number of rotatable bonds is 5. The predicted molar refractivity (Wildman–Crippen MR) is 73.3 cm³/mol. The zero-order valence-corrected chi connectivity index (χ0v) is 12.4. The number of esters is 1. The van der Waals surface area contributed by atoms with E-state index in [-0.39, 0.29) is 5.97 Å². The number of methoxy groups -OCH3 is 1. The Bertz CT molecular complexity index is 292. The number of ether oxygens (including phenoxy) is 1. The van der Waals surface area contributed by atoms with Crippen molar-refractivity contribution >= 4 is 5.97 Å². The molecule has 4 unspecified atom stereocenters. The van der Waals surface area contributed by atoms with Crippen LogP contribution < -0.4 is 5.73 Å². The molecule has 1 rings (SSSR count). The van der Waals surface area contributed by atoms with Gasteiger partial charge in [0, 0.05) is 18.1 Å². The fourth-order valence-electron chi connectivity index (χ4n) is 3.34. The van der Waals surface area contributed by atoms with E-state index in [1.54, 1.807) is 6.92 Å². The number of carbonyl (C=O) groups excluding carboxylic acids is 1. The maximum Gasteiger partial charge on any atom is 0.325 e. The van der Waals surface area contributed by atoms with Gasteiger partial charge in [0.25, 0.3) is 0 Å². The second-order valence-corrected chi connectivity index (χ2v) is 5.90. The number of likely N-dealkylation sites (tertiary alicyclic amines) is 1. The Labute approximate surface area is 111 Å². The Morgan fingerprint density at radius 2 is 2.17 bits per heavy atom. The Morgan fingerprint density at radius 3 is 2.67 bits per heavy atom. The zero-order valence-electron chi connectivity index (χ0n) is 12.4. The fraction of sp³-hybridized carbons (Fsp3) is 0.929. The van der Waals surface area contributed by atoms with Gasteiger partial charge in [-0.1, -0.05) is 6.92 Å². The van der Waals surface area contributed by atoms with Gasteiger partial charge in [-0.05, 0) is 46.5 Å². The van der Waals surface area contributed by atoms with Gasteiger partial charge < -0.3 is 10.5 Å². The van der Waals surface area contributed by atoms with Crippen LogP contribution in [0.15, 0.2) is 0 Å². The van der Waals surface area contributed by atoms with Crippen LogP contribution in [-0.2, 0) is 9.53 Å². The van der Waals surface area contributed by atoms with Crippen LogP contribution in [0.3, 0.4) is 0 Å². The number of nitrogens with two attached hydrogens (primary N) is 1. The number of carbonyl (C=O) groups is 1. The summed E-state index contributed by atoms with van der Waals surface area (Å²) < 4.78 is 4.78. The van der Waals surface area contributed by atoms with E-state index >= 15 is 0 Å². The van der Waals surface area contributed by atoms with Gasteiger partial charge in [-0.2, -0.15) is 0 Å². The fourth-order valence-corrected chi connectivity index (χ4v) is 3.34. The molecule has 0 aromatic rings. The van der Waals surface area contributed by atoms with E-state index in [2.05, 4.69) is 25.7 Å². The molecule has 0 amide bonds. The van der Waals surface area contributed by atoms with Gasteiger partial charge in [0.2, 0.25) is 0 Å². The maximum absolute atomic E-state index is 11.7. The number of hydrogen-bond donors (Lipinski definition) is 1. The van der Waals surface area contributed by atoms with Crippen molar-refractivity contribution in [2.45, 2.75) is 77.0 Å². The van der Waals surface area contributed by atoms with Gasteiger partial charge in [0.15, 0.2) is 0 Å². The quantitative estimate of drug-likeness (QED) is 0.764. The van der Waals surface area contributed by atoms with Gasteiger partial charge >= 0.3 is 5.97 Å². The molecule has 0 aromatic heterocycles.